The molecular weight excluding hydrogens is 214 g/mol. The van der Waals surface area contributed by atoms with Crippen molar-refractivity contribution in [3.05, 3.63) is 29.3 Å². The number of nitrogens with two attached hydrogens (primary N) is 1. The van der Waals surface area contributed by atoms with Crippen LogP contribution in [0.4, 0.5) is 5.69 Å². The molecule has 1 rings (SSSR count). The van der Waals surface area contributed by atoms with Gasteiger partial charge in [-0.1, -0.05) is 19.1 Å². The van der Waals surface area contributed by atoms with E-state index in [0.717, 1.165) is 29.8 Å². The smallest absolute Gasteiger partial charge is 0.124 e. The number of nitrogens with one attached hydrogen (secondary N) is 1. The monoisotopic (exact) mass is 235 g/mol. The lowest BCUT2D eigenvalue weighted by Gasteiger charge is -2.27. The molecule has 4 N–H and O–H groups in total. The summed E-state index contributed by atoms with van der Waals surface area (Å²) < 4.78 is 0. The molecule has 0 saturated heterocycles. The Hall–Kier alpha value is -1.55. The molecule has 0 saturated carbocycles. The molecule has 0 aliphatic heterocycles. The zero-order valence-corrected chi connectivity index (χ0v) is 10.5. The maximum atomic E-state index is 9.12. The second-order valence-electron chi connectivity index (χ2n) is 4.10. The van der Waals surface area contributed by atoms with Crippen LogP contribution in [0.2, 0.25) is 0 Å². The number of amidine groups is 1. The van der Waals surface area contributed by atoms with Gasteiger partial charge in [-0.3, -0.25) is 5.41 Å². The predicted octanol–water partition coefficient (Wildman–Crippen LogP) is 1.49. The minimum atomic E-state index is 0.0720. The zero-order valence-electron chi connectivity index (χ0n) is 10.5. The minimum Gasteiger partial charge on any atom is -0.395 e. The van der Waals surface area contributed by atoms with Gasteiger partial charge in [0.2, 0.25) is 0 Å². The van der Waals surface area contributed by atoms with Crippen LogP contribution in [0.3, 0.4) is 0 Å². The van der Waals surface area contributed by atoms with Crippen LogP contribution >= 0.6 is 0 Å². The molecule has 0 unspecified atom stereocenters. The Morgan fingerprint density at radius 2 is 2.12 bits per heavy atom. The number of hydrogen-bond donors (Lipinski definition) is 3. The fourth-order valence-electron chi connectivity index (χ4n) is 2.02. The van der Waals surface area contributed by atoms with Crippen LogP contribution in [-0.2, 0) is 0 Å². The van der Waals surface area contributed by atoms with E-state index < -0.39 is 0 Å². The van der Waals surface area contributed by atoms with Gasteiger partial charge < -0.3 is 15.7 Å². The summed E-state index contributed by atoms with van der Waals surface area (Å²) in [5.74, 6) is 0.0720. The Morgan fingerprint density at radius 1 is 1.41 bits per heavy atom. The van der Waals surface area contributed by atoms with Crippen LogP contribution in [0.25, 0.3) is 0 Å². The minimum absolute atomic E-state index is 0.0720. The largest absolute Gasteiger partial charge is 0.395 e. The van der Waals surface area contributed by atoms with Gasteiger partial charge in [0.15, 0.2) is 0 Å². The molecule has 4 nitrogen and oxygen atoms in total. The second-order valence-corrected chi connectivity index (χ2v) is 4.10. The first-order valence-electron chi connectivity index (χ1n) is 5.91. The maximum Gasteiger partial charge on any atom is 0.124 e. The summed E-state index contributed by atoms with van der Waals surface area (Å²) in [6.07, 6.45) is 0.992. The molecule has 0 bridgehead atoms. The molecule has 0 aliphatic rings. The van der Waals surface area contributed by atoms with Gasteiger partial charge in [0.1, 0.15) is 5.84 Å². The average molecular weight is 235 g/mol. The molecule has 1 aromatic carbocycles. The molecular formula is C13H21N3O. The first-order chi connectivity index (χ1) is 8.11. The van der Waals surface area contributed by atoms with Crippen LogP contribution in [0.1, 0.15) is 24.5 Å². The zero-order chi connectivity index (χ0) is 12.8. The lowest BCUT2D eigenvalue weighted by Crippen LogP contribution is -2.30. The van der Waals surface area contributed by atoms with Gasteiger partial charge in [-0.25, -0.2) is 0 Å². The van der Waals surface area contributed by atoms with E-state index in [1.807, 2.05) is 25.1 Å². The van der Waals surface area contributed by atoms with Crippen LogP contribution in [0.15, 0.2) is 18.2 Å². The van der Waals surface area contributed by atoms with Gasteiger partial charge in [-0.05, 0) is 25.0 Å². The summed E-state index contributed by atoms with van der Waals surface area (Å²) in [7, 11) is 0. The molecule has 4 heteroatoms. The molecule has 0 fully saturated rings. The van der Waals surface area contributed by atoms with Crippen LogP contribution in [0.5, 0.6) is 0 Å². The number of benzene rings is 1. The predicted molar refractivity (Wildman–Crippen MR) is 71.8 cm³/mol. The Labute approximate surface area is 103 Å². The topological polar surface area (TPSA) is 73.3 Å². The molecule has 17 heavy (non-hydrogen) atoms. The van der Waals surface area contributed by atoms with Gasteiger partial charge in [0, 0.05) is 18.7 Å². The third-order valence-electron chi connectivity index (χ3n) is 2.71. The van der Waals surface area contributed by atoms with Crippen molar-refractivity contribution in [3.63, 3.8) is 0 Å². The third-order valence-corrected chi connectivity index (χ3v) is 2.71. The highest BCUT2D eigenvalue weighted by Gasteiger charge is 2.14. The third kappa shape index (κ3) is 3.20. The summed E-state index contributed by atoms with van der Waals surface area (Å²) >= 11 is 0. The normalized spacial score (nSPS) is 10.3. The Bertz CT molecular complexity index is 384. The Kier molecular flexibility index (Phi) is 4.97. The number of aliphatic hydroxyl groups is 1. The molecule has 0 atom stereocenters. The molecule has 0 radical (unpaired) electrons. The second kappa shape index (κ2) is 6.25. The van der Waals surface area contributed by atoms with E-state index in [0.29, 0.717) is 6.54 Å². The highest BCUT2D eigenvalue weighted by Crippen LogP contribution is 2.25. The van der Waals surface area contributed by atoms with Gasteiger partial charge in [-0.2, -0.15) is 0 Å². The average Bonchev–Trinajstić information content (AvgIpc) is 2.28. The first kappa shape index (κ1) is 13.5. The Balaban J connectivity index is 3.19. The quantitative estimate of drug-likeness (QED) is 0.516. The molecule has 1 aromatic rings. The van der Waals surface area contributed by atoms with Gasteiger partial charge >= 0.3 is 0 Å². The van der Waals surface area contributed by atoms with Crippen molar-refractivity contribution in [2.75, 3.05) is 24.6 Å². The van der Waals surface area contributed by atoms with Crippen molar-refractivity contribution >= 4 is 11.5 Å². The maximum absolute atomic E-state index is 9.12. The van der Waals surface area contributed by atoms with E-state index in [1.54, 1.807) is 0 Å². The van der Waals surface area contributed by atoms with Crippen molar-refractivity contribution in [1.82, 2.24) is 0 Å². The number of aryl methyl sites for hydroxylation is 1. The molecule has 0 heterocycles. The van der Waals surface area contributed by atoms with E-state index in [-0.39, 0.29) is 12.4 Å². The number of hydrogen-bond acceptors (Lipinski definition) is 3. The Morgan fingerprint density at radius 3 is 2.65 bits per heavy atom. The molecule has 0 amide bonds. The highest BCUT2D eigenvalue weighted by molar-refractivity contribution is 6.01. The van der Waals surface area contributed by atoms with Crippen LogP contribution < -0.4 is 10.6 Å². The van der Waals surface area contributed by atoms with E-state index >= 15 is 0 Å². The fourth-order valence-corrected chi connectivity index (χ4v) is 2.02. The van der Waals surface area contributed by atoms with Gasteiger partial charge in [0.25, 0.3) is 0 Å². The van der Waals surface area contributed by atoms with Crippen molar-refractivity contribution in [2.45, 2.75) is 20.3 Å². The summed E-state index contributed by atoms with van der Waals surface area (Å²) in [4.78, 5) is 2.09. The van der Waals surface area contributed by atoms with E-state index in [1.165, 1.54) is 0 Å². The van der Waals surface area contributed by atoms with Gasteiger partial charge in [0.05, 0.1) is 12.3 Å². The van der Waals surface area contributed by atoms with E-state index in [9.17, 15) is 0 Å². The number of para-hydroxylation sites is 1. The molecule has 0 spiro atoms. The summed E-state index contributed by atoms with van der Waals surface area (Å²) in [6, 6.07) is 5.76. The lowest BCUT2D eigenvalue weighted by atomic mass is 10.1. The summed E-state index contributed by atoms with van der Waals surface area (Å²) in [5.41, 5.74) is 8.40. The fraction of sp³-hybridized carbons (Fsp3) is 0.462. The lowest BCUT2D eigenvalue weighted by molar-refractivity contribution is 0.302. The standard InChI is InChI=1S/C13H21N3O/c1-3-7-16(8-9-17)12-10(2)5-4-6-11(12)13(14)15/h4-6,17H,3,7-9H2,1-2H3,(H3,14,15). The van der Waals surface area contributed by atoms with Crippen LogP contribution in [0, 0.1) is 12.3 Å². The van der Waals surface area contributed by atoms with Crippen molar-refractivity contribution in [2.24, 2.45) is 5.73 Å². The molecule has 0 aliphatic carbocycles. The molecule has 0 aromatic heterocycles. The summed E-state index contributed by atoms with van der Waals surface area (Å²) in [6.45, 7) is 5.62. The van der Waals surface area contributed by atoms with E-state index in [4.69, 9.17) is 16.2 Å². The molecule has 94 valence electrons. The highest BCUT2D eigenvalue weighted by atomic mass is 16.3. The number of anilines is 1. The van der Waals surface area contributed by atoms with Crippen LogP contribution in [-0.4, -0.2) is 30.6 Å². The SMILES string of the molecule is CCCN(CCO)c1c(C)cccc1C(=N)N. The number of nitrogen functional groups attached to an aromatic ring is 1. The van der Waals surface area contributed by atoms with Gasteiger partial charge in [-0.15, -0.1) is 0 Å². The van der Waals surface area contributed by atoms with E-state index in [2.05, 4.69) is 11.8 Å². The first-order valence-corrected chi connectivity index (χ1v) is 5.91. The summed E-state index contributed by atoms with van der Waals surface area (Å²) in [5, 5.41) is 16.7. The number of aliphatic hydroxyl groups excluding tert-OH is 1. The van der Waals surface area contributed by atoms with Crippen molar-refractivity contribution in [3.8, 4) is 0 Å². The van der Waals surface area contributed by atoms with Crippen molar-refractivity contribution in [1.29, 1.82) is 5.41 Å². The number of nitrogens with zero attached hydrogens (tertiary/aromatic N) is 1. The van der Waals surface area contributed by atoms with Crippen molar-refractivity contribution < 1.29 is 5.11 Å². The number of rotatable bonds is 6.